The van der Waals surface area contributed by atoms with E-state index in [1.165, 1.54) is 5.56 Å². The van der Waals surface area contributed by atoms with E-state index in [1.54, 1.807) is 0 Å². The molecule has 1 saturated heterocycles. The van der Waals surface area contributed by atoms with E-state index in [-0.39, 0.29) is 11.8 Å². The molecule has 1 aliphatic rings. The van der Waals surface area contributed by atoms with Crippen molar-refractivity contribution in [2.45, 2.75) is 32.4 Å². The topological polar surface area (TPSA) is 46.3 Å². The number of piperidine rings is 1. The van der Waals surface area contributed by atoms with Gasteiger partial charge in [-0.1, -0.05) is 28.1 Å². The number of nitrogens with two attached hydrogens (primary N) is 1. The highest BCUT2D eigenvalue weighted by molar-refractivity contribution is 9.10. The largest absolute Gasteiger partial charge is 0.369 e. The highest BCUT2D eigenvalue weighted by Crippen LogP contribution is 2.23. The molecule has 2 atom stereocenters. The molecule has 1 amide bonds. The molecule has 0 aliphatic carbocycles. The van der Waals surface area contributed by atoms with Crippen LogP contribution in [0.5, 0.6) is 0 Å². The van der Waals surface area contributed by atoms with Crippen molar-refractivity contribution < 1.29 is 4.79 Å². The van der Waals surface area contributed by atoms with Crippen molar-refractivity contribution in [1.82, 2.24) is 4.90 Å². The Morgan fingerprint density at radius 1 is 1.39 bits per heavy atom. The molecule has 1 aromatic rings. The van der Waals surface area contributed by atoms with Gasteiger partial charge in [0.1, 0.15) is 0 Å². The van der Waals surface area contributed by atoms with Gasteiger partial charge in [-0.05, 0) is 37.5 Å². The van der Waals surface area contributed by atoms with Crippen molar-refractivity contribution in [3.63, 3.8) is 0 Å². The quantitative estimate of drug-likeness (QED) is 0.932. The molecule has 1 fully saturated rings. The molecular weight excluding hydrogens is 292 g/mol. The molecule has 3 nitrogen and oxygen atoms in total. The number of carbonyl (C=O) groups excluding carboxylic acids is 1. The number of likely N-dealkylation sites (tertiary alicyclic amines) is 1. The van der Waals surface area contributed by atoms with E-state index in [4.69, 9.17) is 5.73 Å². The van der Waals surface area contributed by atoms with Crippen molar-refractivity contribution in [1.29, 1.82) is 0 Å². The molecule has 2 rings (SSSR count). The van der Waals surface area contributed by atoms with Crippen molar-refractivity contribution in [3.8, 4) is 0 Å². The first-order chi connectivity index (χ1) is 8.56. The maximum Gasteiger partial charge on any atom is 0.221 e. The predicted octanol–water partition coefficient (Wildman–Crippen LogP) is 2.53. The summed E-state index contributed by atoms with van der Waals surface area (Å²) in [6, 6.07) is 8.85. The van der Waals surface area contributed by atoms with Gasteiger partial charge in [-0.25, -0.2) is 0 Å². The number of halogens is 1. The number of benzene rings is 1. The lowest BCUT2D eigenvalue weighted by molar-refractivity contribution is -0.124. The van der Waals surface area contributed by atoms with E-state index in [2.05, 4.69) is 52.0 Å². The maximum atomic E-state index is 11.3. The summed E-state index contributed by atoms with van der Waals surface area (Å²) in [5.41, 5.74) is 6.69. The van der Waals surface area contributed by atoms with Crippen LogP contribution in [0, 0.1) is 5.92 Å². The van der Waals surface area contributed by atoms with Crippen LogP contribution in [0.1, 0.15) is 25.3 Å². The molecule has 1 heterocycles. The Morgan fingerprint density at radius 3 is 2.67 bits per heavy atom. The Kier molecular flexibility index (Phi) is 4.40. The van der Waals surface area contributed by atoms with E-state index in [0.29, 0.717) is 6.04 Å². The SMILES string of the molecule is CC1CCC(C(N)=O)CN1Cc1ccc(Br)cc1. The van der Waals surface area contributed by atoms with Crippen LogP contribution in [-0.4, -0.2) is 23.4 Å². The number of amides is 1. The van der Waals surface area contributed by atoms with Gasteiger partial charge < -0.3 is 5.73 Å². The van der Waals surface area contributed by atoms with E-state index in [9.17, 15) is 4.79 Å². The molecule has 4 heteroatoms. The van der Waals surface area contributed by atoms with Crippen molar-refractivity contribution in [2.24, 2.45) is 11.7 Å². The molecule has 2 unspecified atom stereocenters. The van der Waals surface area contributed by atoms with Crippen LogP contribution < -0.4 is 5.73 Å². The predicted molar refractivity (Wildman–Crippen MR) is 75.9 cm³/mol. The lowest BCUT2D eigenvalue weighted by atomic mass is 9.92. The lowest BCUT2D eigenvalue weighted by Gasteiger charge is -2.36. The second-order valence-corrected chi connectivity index (χ2v) is 6.00. The summed E-state index contributed by atoms with van der Waals surface area (Å²) in [5, 5.41) is 0. The lowest BCUT2D eigenvalue weighted by Crippen LogP contribution is -2.45. The van der Waals surface area contributed by atoms with Gasteiger partial charge in [0.15, 0.2) is 0 Å². The molecular formula is C14H19BrN2O. The number of hydrogen-bond acceptors (Lipinski definition) is 2. The minimum absolute atomic E-state index is 0.0108. The van der Waals surface area contributed by atoms with Crippen LogP contribution in [0.25, 0.3) is 0 Å². The van der Waals surface area contributed by atoms with Crippen LogP contribution >= 0.6 is 15.9 Å². The number of hydrogen-bond donors (Lipinski definition) is 1. The van der Waals surface area contributed by atoms with Gasteiger partial charge in [-0.2, -0.15) is 0 Å². The Morgan fingerprint density at radius 2 is 2.06 bits per heavy atom. The standard InChI is InChI=1S/C14H19BrN2O/c1-10-2-5-12(14(16)18)9-17(10)8-11-3-6-13(15)7-4-11/h3-4,6-7,10,12H,2,5,8-9H2,1H3,(H2,16,18). The molecule has 1 aliphatic heterocycles. The zero-order valence-electron chi connectivity index (χ0n) is 10.6. The average molecular weight is 311 g/mol. The van der Waals surface area contributed by atoms with Crippen molar-refractivity contribution in [3.05, 3.63) is 34.3 Å². The molecule has 98 valence electrons. The first-order valence-electron chi connectivity index (χ1n) is 6.34. The van der Waals surface area contributed by atoms with Crippen molar-refractivity contribution >= 4 is 21.8 Å². The third-order valence-electron chi connectivity index (χ3n) is 3.71. The maximum absolute atomic E-state index is 11.3. The zero-order chi connectivity index (χ0) is 13.1. The number of rotatable bonds is 3. The summed E-state index contributed by atoms with van der Waals surface area (Å²) in [5.74, 6) is -0.153. The van der Waals surface area contributed by atoms with Crippen LogP contribution in [-0.2, 0) is 11.3 Å². The first kappa shape index (κ1) is 13.6. The van der Waals surface area contributed by atoms with Gasteiger partial charge in [0.25, 0.3) is 0 Å². The smallest absolute Gasteiger partial charge is 0.221 e. The number of carbonyl (C=O) groups is 1. The summed E-state index contributed by atoms with van der Waals surface area (Å²) in [6.45, 7) is 3.89. The second kappa shape index (κ2) is 5.85. The Labute approximate surface area is 116 Å². The molecule has 0 spiro atoms. The van der Waals surface area contributed by atoms with Gasteiger partial charge >= 0.3 is 0 Å². The summed E-state index contributed by atoms with van der Waals surface area (Å²) in [6.07, 6.45) is 1.97. The fraction of sp³-hybridized carbons (Fsp3) is 0.500. The fourth-order valence-corrected chi connectivity index (χ4v) is 2.72. The molecule has 18 heavy (non-hydrogen) atoms. The zero-order valence-corrected chi connectivity index (χ0v) is 12.2. The van der Waals surface area contributed by atoms with Crippen LogP contribution in [0.4, 0.5) is 0 Å². The van der Waals surface area contributed by atoms with Crippen LogP contribution in [0.15, 0.2) is 28.7 Å². The number of nitrogens with zero attached hydrogens (tertiary/aromatic N) is 1. The summed E-state index contributed by atoms with van der Waals surface area (Å²) in [4.78, 5) is 13.6. The first-order valence-corrected chi connectivity index (χ1v) is 7.13. The Hall–Kier alpha value is -0.870. The molecule has 2 N–H and O–H groups in total. The van der Waals surface area contributed by atoms with Gasteiger partial charge in [-0.3, -0.25) is 9.69 Å². The molecule has 0 bridgehead atoms. The van der Waals surface area contributed by atoms with Gasteiger partial charge in [-0.15, -0.1) is 0 Å². The highest BCUT2D eigenvalue weighted by Gasteiger charge is 2.28. The third-order valence-corrected chi connectivity index (χ3v) is 4.24. The normalized spacial score (nSPS) is 25.0. The summed E-state index contributed by atoms with van der Waals surface area (Å²) < 4.78 is 1.09. The molecule has 0 radical (unpaired) electrons. The highest BCUT2D eigenvalue weighted by atomic mass is 79.9. The minimum atomic E-state index is -0.164. The van der Waals surface area contributed by atoms with E-state index in [0.717, 1.165) is 30.4 Å². The van der Waals surface area contributed by atoms with E-state index in [1.807, 2.05) is 0 Å². The average Bonchev–Trinajstić information content (AvgIpc) is 2.34. The molecule has 0 saturated carbocycles. The number of primary amides is 1. The minimum Gasteiger partial charge on any atom is -0.369 e. The Bertz CT molecular complexity index is 418. The van der Waals surface area contributed by atoms with Crippen LogP contribution in [0.3, 0.4) is 0 Å². The van der Waals surface area contributed by atoms with Gasteiger partial charge in [0.05, 0.1) is 5.92 Å². The van der Waals surface area contributed by atoms with E-state index >= 15 is 0 Å². The third kappa shape index (κ3) is 3.33. The van der Waals surface area contributed by atoms with Crippen molar-refractivity contribution in [2.75, 3.05) is 6.54 Å². The molecule has 0 aromatic heterocycles. The van der Waals surface area contributed by atoms with Crippen LogP contribution in [0.2, 0.25) is 0 Å². The fourth-order valence-electron chi connectivity index (χ4n) is 2.46. The summed E-state index contributed by atoms with van der Waals surface area (Å²) >= 11 is 3.44. The summed E-state index contributed by atoms with van der Waals surface area (Å²) in [7, 11) is 0. The molecule has 1 aromatic carbocycles. The second-order valence-electron chi connectivity index (χ2n) is 5.08. The van der Waals surface area contributed by atoms with Gasteiger partial charge in [0, 0.05) is 23.6 Å². The monoisotopic (exact) mass is 310 g/mol. The van der Waals surface area contributed by atoms with Gasteiger partial charge in [0.2, 0.25) is 5.91 Å². The Balaban J connectivity index is 2.02. The van der Waals surface area contributed by atoms with E-state index < -0.39 is 0 Å².